The zero-order valence-electron chi connectivity index (χ0n) is 13.4. The van der Waals surface area contributed by atoms with Crippen molar-refractivity contribution < 1.29 is 4.74 Å². The standard InChI is InChI=1S/C19H25NO/c1-14(2)17-10-6-7-11-18(17)20-13-16(4)21-19-12-8-5-9-15(19)3/h5-12,14,16,20H,13H2,1-4H3. The van der Waals surface area contributed by atoms with E-state index in [-0.39, 0.29) is 6.10 Å². The van der Waals surface area contributed by atoms with Crippen molar-refractivity contribution in [1.82, 2.24) is 0 Å². The number of hydrogen-bond acceptors (Lipinski definition) is 2. The number of ether oxygens (including phenoxy) is 1. The highest BCUT2D eigenvalue weighted by molar-refractivity contribution is 5.52. The van der Waals surface area contributed by atoms with Gasteiger partial charge in [-0.15, -0.1) is 0 Å². The molecule has 2 heteroatoms. The van der Waals surface area contributed by atoms with Crippen LogP contribution in [0.15, 0.2) is 48.5 Å². The van der Waals surface area contributed by atoms with Gasteiger partial charge in [0.2, 0.25) is 0 Å². The van der Waals surface area contributed by atoms with E-state index in [0.717, 1.165) is 12.3 Å². The summed E-state index contributed by atoms with van der Waals surface area (Å²) in [6.07, 6.45) is 0.117. The van der Waals surface area contributed by atoms with Crippen LogP contribution < -0.4 is 10.1 Å². The number of aryl methyl sites for hydroxylation is 1. The molecule has 1 atom stereocenters. The molecule has 0 aromatic heterocycles. The molecular weight excluding hydrogens is 258 g/mol. The summed E-state index contributed by atoms with van der Waals surface area (Å²) in [5.41, 5.74) is 3.72. The first kappa shape index (κ1) is 15.4. The molecule has 0 saturated carbocycles. The van der Waals surface area contributed by atoms with E-state index in [2.05, 4.69) is 63.3 Å². The van der Waals surface area contributed by atoms with E-state index >= 15 is 0 Å². The van der Waals surface area contributed by atoms with Crippen LogP contribution in [0.25, 0.3) is 0 Å². The van der Waals surface area contributed by atoms with Gasteiger partial charge >= 0.3 is 0 Å². The van der Waals surface area contributed by atoms with Crippen LogP contribution in [0.1, 0.15) is 37.8 Å². The van der Waals surface area contributed by atoms with E-state index in [1.165, 1.54) is 16.8 Å². The lowest BCUT2D eigenvalue weighted by atomic mass is 10.0. The summed E-state index contributed by atoms with van der Waals surface area (Å²) < 4.78 is 6.00. The van der Waals surface area contributed by atoms with Crippen LogP contribution in [0, 0.1) is 6.92 Å². The highest BCUT2D eigenvalue weighted by Crippen LogP contribution is 2.24. The quantitative estimate of drug-likeness (QED) is 0.805. The third-order valence-corrected chi connectivity index (χ3v) is 3.58. The van der Waals surface area contributed by atoms with Gasteiger partial charge < -0.3 is 10.1 Å². The molecule has 2 nitrogen and oxygen atoms in total. The topological polar surface area (TPSA) is 21.3 Å². The molecule has 0 fully saturated rings. The van der Waals surface area contributed by atoms with E-state index in [9.17, 15) is 0 Å². The summed E-state index contributed by atoms with van der Waals surface area (Å²) in [5.74, 6) is 1.48. The molecule has 1 N–H and O–H groups in total. The van der Waals surface area contributed by atoms with Crippen molar-refractivity contribution in [2.75, 3.05) is 11.9 Å². The molecule has 2 aromatic carbocycles. The van der Waals surface area contributed by atoms with E-state index in [4.69, 9.17) is 4.74 Å². The number of anilines is 1. The summed E-state index contributed by atoms with van der Waals surface area (Å²) in [4.78, 5) is 0. The molecule has 112 valence electrons. The van der Waals surface area contributed by atoms with Crippen molar-refractivity contribution in [1.29, 1.82) is 0 Å². The lowest BCUT2D eigenvalue weighted by Crippen LogP contribution is -2.23. The fraction of sp³-hybridized carbons (Fsp3) is 0.368. The molecule has 0 spiro atoms. The Hall–Kier alpha value is -1.96. The summed E-state index contributed by atoms with van der Waals surface area (Å²) in [5, 5.41) is 3.51. The fourth-order valence-electron chi connectivity index (χ4n) is 2.36. The van der Waals surface area contributed by atoms with E-state index in [1.807, 2.05) is 18.2 Å². The van der Waals surface area contributed by atoms with Crippen LogP contribution in [0.5, 0.6) is 5.75 Å². The molecule has 21 heavy (non-hydrogen) atoms. The van der Waals surface area contributed by atoms with Gasteiger partial charge in [0, 0.05) is 5.69 Å². The van der Waals surface area contributed by atoms with E-state index < -0.39 is 0 Å². The Morgan fingerprint density at radius 3 is 2.33 bits per heavy atom. The van der Waals surface area contributed by atoms with Crippen LogP contribution in [0.3, 0.4) is 0 Å². The van der Waals surface area contributed by atoms with Gasteiger partial charge in [0.25, 0.3) is 0 Å². The predicted octanol–water partition coefficient (Wildman–Crippen LogP) is 5.00. The first-order valence-electron chi connectivity index (χ1n) is 7.63. The normalized spacial score (nSPS) is 12.2. The Morgan fingerprint density at radius 2 is 1.62 bits per heavy atom. The number of nitrogens with one attached hydrogen (secondary N) is 1. The zero-order valence-corrected chi connectivity index (χ0v) is 13.4. The third-order valence-electron chi connectivity index (χ3n) is 3.58. The molecule has 0 amide bonds. The maximum atomic E-state index is 6.00. The van der Waals surface area contributed by atoms with Gasteiger partial charge in [-0.2, -0.15) is 0 Å². The third kappa shape index (κ3) is 4.25. The Bertz CT molecular complexity index is 577. The van der Waals surface area contributed by atoms with Crippen molar-refractivity contribution in [2.24, 2.45) is 0 Å². The molecule has 0 radical (unpaired) electrons. The molecule has 0 aliphatic carbocycles. The predicted molar refractivity (Wildman–Crippen MR) is 90.3 cm³/mol. The van der Waals surface area contributed by atoms with Gasteiger partial charge in [-0.05, 0) is 43.0 Å². The monoisotopic (exact) mass is 283 g/mol. The lowest BCUT2D eigenvalue weighted by molar-refractivity contribution is 0.233. The van der Waals surface area contributed by atoms with E-state index in [0.29, 0.717) is 5.92 Å². The van der Waals surface area contributed by atoms with Gasteiger partial charge in [0.15, 0.2) is 0 Å². The minimum atomic E-state index is 0.117. The molecule has 0 bridgehead atoms. The van der Waals surface area contributed by atoms with Crippen LogP contribution in [-0.4, -0.2) is 12.6 Å². The molecule has 2 aromatic rings. The van der Waals surface area contributed by atoms with Gasteiger partial charge in [0.05, 0.1) is 6.54 Å². The van der Waals surface area contributed by atoms with Crippen molar-refractivity contribution >= 4 is 5.69 Å². The fourth-order valence-corrected chi connectivity index (χ4v) is 2.36. The van der Waals surface area contributed by atoms with Gasteiger partial charge in [0.1, 0.15) is 11.9 Å². The largest absolute Gasteiger partial charge is 0.489 e. The lowest BCUT2D eigenvalue weighted by Gasteiger charge is -2.19. The van der Waals surface area contributed by atoms with E-state index in [1.54, 1.807) is 0 Å². The molecule has 2 rings (SSSR count). The number of rotatable bonds is 6. The van der Waals surface area contributed by atoms with Gasteiger partial charge in [-0.25, -0.2) is 0 Å². The van der Waals surface area contributed by atoms with Crippen LogP contribution in [0.4, 0.5) is 5.69 Å². The summed E-state index contributed by atoms with van der Waals surface area (Å²) in [6, 6.07) is 16.6. The Morgan fingerprint density at radius 1 is 0.952 bits per heavy atom. The van der Waals surface area contributed by atoms with Crippen LogP contribution in [0.2, 0.25) is 0 Å². The van der Waals surface area contributed by atoms with Gasteiger partial charge in [-0.3, -0.25) is 0 Å². The van der Waals surface area contributed by atoms with Crippen LogP contribution in [-0.2, 0) is 0 Å². The molecule has 1 unspecified atom stereocenters. The zero-order chi connectivity index (χ0) is 15.2. The van der Waals surface area contributed by atoms with Crippen molar-refractivity contribution in [3.63, 3.8) is 0 Å². The average molecular weight is 283 g/mol. The number of hydrogen-bond donors (Lipinski definition) is 1. The molecule has 0 heterocycles. The Labute approximate surface area is 128 Å². The Kier molecular flexibility index (Phi) is 5.26. The summed E-state index contributed by atoms with van der Waals surface area (Å²) in [6.45, 7) is 9.39. The second-order valence-corrected chi connectivity index (χ2v) is 5.82. The minimum absolute atomic E-state index is 0.117. The maximum absolute atomic E-state index is 6.00. The molecular formula is C19H25NO. The summed E-state index contributed by atoms with van der Waals surface area (Å²) >= 11 is 0. The van der Waals surface area contributed by atoms with Crippen LogP contribution >= 0.6 is 0 Å². The molecule has 0 saturated heterocycles. The second kappa shape index (κ2) is 7.16. The highest BCUT2D eigenvalue weighted by atomic mass is 16.5. The number of para-hydroxylation sites is 2. The molecule has 0 aliphatic heterocycles. The first-order chi connectivity index (χ1) is 10.1. The second-order valence-electron chi connectivity index (χ2n) is 5.82. The Balaban J connectivity index is 1.96. The van der Waals surface area contributed by atoms with Crippen molar-refractivity contribution in [3.8, 4) is 5.75 Å². The molecule has 0 aliphatic rings. The minimum Gasteiger partial charge on any atom is -0.489 e. The SMILES string of the molecule is Cc1ccccc1OC(C)CNc1ccccc1C(C)C. The maximum Gasteiger partial charge on any atom is 0.122 e. The van der Waals surface area contributed by atoms with Crippen molar-refractivity contribution in [3.05, 3.63) is 59.7 Å². The smallest absolute Gasteiger partial charge is 0.122 e. The number of benzene rings is 2. The summed E-state index contributed by atoms with van der Waals surface area (Å²) in [7, 11) is 0. The average Bonchev–Trinajstić information content (AvgIpc) is 2.48. The highest BCUT2D eigenvalue weighted by Gasteiger charge is 2.09. The van der Waals surface area contributed by atoms with Gasteiger partial charge in [-0.1, -0.05) is 50.2 Å². The first-order valence-corrected chi connectivity index (χ1v) is 7.63. The van der Waals surface area contributed by atoms with Crippen molar-refractivity contribution in [2.45, 2.75) is 39.7 Å².